The van der Waals surface area contributed by atoms with Gasteiger partial charge in [-0.1, -0.05) is 13.3 Å². The molecule has 0 amide bonds. The Morgan fingerprint density at radius 2 is 2.35 bits per heavy atom. The first kappa shape index (κ1) is 14.1. The highest BCUT2D eigenvalue weighted by Gasteiger charge is 2.33. The summed E-state index contributed by atoms with van der Waals surface area (Å²) in [5, 5.41) is 15.4. The quantitative estimate of drug-likeness (QED) is 0.821. The first-order valence-corrected chi connectivity index (χ1v) is 6.70. The molecule has 0 aliphatic carbocycles. The molecule has 0 saturated heterocycles. The molecule has 96 valence electrons. The molecule has 4 nitrogen and oxygen atoms in total. The lowest BCUT2D eigenvalue weighted by molar-refractivity contribution is -0.144. The summed E-state index contributed by atoms with van der Waals surface area (Å²) in [6.07, 6.45) is 1.44. The molecular formula is C12H20N2O2S. The summed E-state index contributed by atoms with van der Waals surface area (Å²) in [4.78, 5) is 15.7. The molecule has 1 rings (SSSR count). The second-order valence-electron chi connectivity index (χ2n) is 4.54. The summed E-state index contributed by atoms with van der Waals surface area (Å²) in [7, 11) is 0. The van der Waals surface area contributed by atoms with E-state index < -0.39 is 11.5 Å². The number of hydrogen-bond donors (Lipinski definition) is 2. The van der Waals surface area contributed by atoms with E-state index in [0.717, 1.165) is 17.1 Å². The van der Waals surface area contributed by atoms with Crippen molar-refractivity contribution in [3.63, 3.8) is 0 Å². The maximum absolute atomic E-state index is 11.3. The zero-order chi connectivity index (χ0) is 13.1. The number of nitrogens with one attached hydrogen (secondary N) is 1. The number of nitrogens with zero attached hydrogens (tertiary/aromatic N) is 1. The lowest BCUT2D eigenvalue weighted by Crippen LogP contribution is -2.50. The van der Waals surface area contributed by atoms with Gasteiger partial charge in [0, 0.05) is 11.4 Å². The Balaban J connectivity index is 2.77. The van der Waals surface area contributed by atoms with Gasteiger partial charge in [0.25, 0.3) is 0 Å². The van der Waals surface area contributed by atoms with Crippen molar-refractivity contribution in [2.45, 2.75) is 52.1 Å². The van der Waals surface area contributed by atoms with Gasteiger partial charge in [-0.05, 0) is 27.2 Å². The van der Waals surface area contributed by atoms with Gasteiger partial charge in [0.05, 0.1) is 10.7 Å². The van der Waals surface area contributed by atoms with Gasteiger partial charge in [0.2, 0.25) is 0 Å². The zero-order valence-electron chi connectivity index (χ0n) is 10.8. The van der Waals surface area contributed by atoms with Gasteiger partial charge >= 0.3 is 5.97 Å². The Kier molecular flexibility index (Phi) is 4.65. The van der Waals surface area contributed by atoms with Gasteiger partial charge in [-0.15, -0.1) is 11.3 Å². The largest absolute Gasteiger partial charge is 0.480 e. The summed E-state index contributed by atoms with van der Waals surface area (Å²) in [6.45, 7) is 7.61. The van der Waals surface area contributed by atoms with E-state index >= 15 is 0 Å². The van der Waals surface area contributed by atoms with E-state index in [1.807, 2.05) is 26.2 Å². The molecule has 17 heavy (non-hydrogen) atoms. The van der Waals surface area contributed by atoms with Crippen molar-refractivity contribution in [3.8, 4) is 0 Å². The van der Waals surface area contributed by atoms with Crippen molar-refractivity contribution in [2.75, 3.05) is 0 Å². The van der Waals surface area contributed by atoms with Crippen LogP contribution < -0.4 is 5.32 Å². The number of aryl methyl sites for hydroxylation is 1. The van der Waals surface area contributed by atoms with E-state index in [1.54, 1.807) is 18.3 Å². The average molecular weight is 256 g/mol. The predicted molar refractivity (Wildman–Crippen MR) is 69.4 cm³/mol. The van der Waals surface area contributed by atoms with Crippen LogP contribution in [-0.2, 0) is 4.79 Å². The number of rotatable bonds is 6. The van der Waals surface area contributed by atoms with Crippen molar-refractivity contribution in [2.24, 2.45) is 0 Å². The molecular weight excluding hydrogens is 236 g/mol. The maximum Gasteiger partial charge on any atom is 0.323 e. The fourth-order valence-electron chi connectivity index (χ4n) is 1.87. The van der Waals surface area contributed by atoms with Gasteiger partial charge in [0.15, 0.2) is 0 Å². The Bertz CT molecular complexity index is 392. The minimum atomic E-state index is -0.883. The first-order valence-electron chi connectivity index (χ1n) is 5.82. The number of carboxylic acids is 1. The molecule has 0 aliphatic heterocycles. The van der Waals surface area contributed by atoms with Crippen LogP contribution in [0.1, 0.15) is 50.4 Å². The van der Waals surface area contributed by atoms with Crippen LogP contribution >= 0.6 is 11.3 Å². The minimum Gasteiger partial charge on any atom is -0.480 e. The van der Waals surface area contributed by atoms with Crippen LogP contribution in [0.5, 0.6) is 0 Å². The van der Waals surface area contributed by atoms with Gasteiger partial charge in [-0.25, -0.2) is 4.98 Å². The third-order valence-electron chi connectivity index (χ3n) is 2.84. The van der Waals surface area contributed by atoms with E-state index in [9.17, 15) is 9.90 Å². The third-order valence-corrected chi connectivity index (χ3v) is 3.63. The number of aliphatic carboxylic acids is 1. The Hall–Kier alpha value is -0.940. The molecule has 0 fully saturated rings. The molecule has 1 aromatic rings. The normalized spacial score (nSPS) is 16.5. The molecule has 0 aliphatic rings. The standard InChI is InChI=1S/C12H20N2O2S/c1-5-6-12(4,11(15)16)14-8(2)10-7-17-9(3)13-10/h7-8,14H,5-6H2,1-4H3,(H,15,16). The Labute approximate surface area is 106 Å². The number of aromatic nitrogens is 1. The zero-order valence-corrected chi connectivity index (χ0v) is 11.6. The van der Waals surface area contributed by atoms with Crippen LogP contribution in [0.2, 0.25) is 0 Å². The molecule has 1 aromatic heterocycles. The third kappa shape index (κ3) is 3.51. The molecule has 2 N–H and O–H groups in total. The monoisotopic (exact) mass is 256 g/mol. The van der Waals surface area contributed by atoms with Gasteiger partial charge in [0.1, 0.15) is 5.54 Å². The van der Waals surface area contributed by atoms with E-state index in [0.29, 0.717) is 6.42 Å². The molecule has 0 saturated carbocycles. The second kappa shape index (κ2) is 5.60. The van der Waals surface area contributed by atoms with Crippen LogP contribution in [0.25, 0.3) is 0 Å². The lowest BCUT2D eigenvalue weighted by Gasteiger charge is -2.29. The van der Waals surface area contributed by atoms with Gasteiger partial charge < -0.3 is 5.11 Å². The van der Waals surface area contributed by atoms with Crippen molar-refractivity contribution in [1.29, 1.82) is 0 Å². The van der Waals surface area contributed by atoms with Crippen LogP contribution in [0, 0.1) is 6.92 Å². The molecule has 0 radical (unpaired) electrons. The number of carbonyl (C=O) groups is 1. The van der Waals surface area contributed by atoms with Gasteiger partial charge in [-0.3, -0.25) is 10.1 Å². The van der Waals surface area contributed by atoms with Crippen molar-refractivity contribution in [3.05, 3.63) is 16.1 Å². The number of carboxylic acid groups (broad SMARTS) is 1. The Morgan fingerprint density at radius 1 is 1.71 bits per heavy atom. The number of thiazole rings is 1. The smallest absolute Gasteiger partial charge is 0.323 e. The van der Waals surface area contributed by atoms with Crippen molar-refractivity contribution in [1.82, 2.24) is 10.3 Å². The average Bonchev–Trinajstić information content (AvgIpc) is 2.65. The minimum absolute atomic E-state index is 0.0485. The summed E-state index contributed by atoms with van der Waals surface area (Å²) in [5.41, 5.74) is 0.0298. The lowest BCUT2D eigenvalue weighted by atomic mass is 9.95. The highest BCUT2D eigenvalue weighted by atomic mass is 32.1. The Morgan fingerprint density at radius 3 is 2.76 bits per heavy atom. The van der Waals surface area contributed by atoms with Gasteiger partial charge in [-0.2, -0.15) is 0 Å². The summed E-state index contributed by atoms with van der Waals surface area (Å²) in [5.74, 6) is -0.807. The van der Waals surface area contributed by atoms with E-state index in [4.69, 9.17) is 0 Å². The van der Waals surface area contributed by atoms with Crippen molar-refractivity contribution >= 4 is 17.3 Å². The van der Waals surface area contributed by atoms with E-state index in [2.05, 4.69) is 10.3 Å². The molecule has 5 heteroatoms. The highest BCUT2D eigenvalue weighted by molar-refractivity contribution is 7.09. The topological polar surface area (TPSA) is 62.2 Å². The second-order valence-corrected chi connectivity index (χ2v) is 5.61. The van der Waals surface area contributed by atoms with E-state index in [-0.39, 0.29) is 6.04 Å². The van der Waals surface area contributed by atoms with Crippen LogP contribution in [0.3, 0.4) is 0 Å². The fourth-order valence-corrected chi connectivity index (χ4v) is 2.58. The molecule has 0 spiro atoms. The summed E-state index contributed by atoms with van der Waals surface area (Å²) in [6, 6.07) is -0.0485. The van der Waals surface area contributed by atoms with Crippen molar-refractivity contribution < 1.29 is 9.90 Å². The van der Waals surface area contributed by atoms with Crippen LogP contribution in [0.4, 0.5) is 0 Å². The van der Waals surface area contributed by atoms with Crippen LogP contribution in [0.15, 0.2) is 5.38 Å². The summed E-state index contributed by atoms with van der Waals surface area (Å²) >= 11 is 1.58. The molecule has 2 atom stereocenters. The predicted octanol–water partition coefficient (Wildman–Crippen LogP) is 2.75. The maximum atomic E-state index is 11.3. The SMILES string of the molecule is CCCC(C)(NC(C)c1csc(C)n1)C(=O)O. The highest BCUT2D eigenvalue weighted by Crippen LogP contribution is 2.21. The fraction of sp³-hybridized carbons (Fsp3) is 0.667. The first-order chi connectivity index (χ1) is 7.89. The summed E-state index contributed by atoms with van der Waals surface area (Å²) < 4.78 is 0. The molecule has 1 heterocycles. The molecule has 0 aromatic carbocycles. The molecule has 2 unspecified atom stereocenters. The number of hydrogen-bond acceptors (Lipinski definition) is 4. The van der Waals surface area contributed by atoms with Crippen LogP contribution in [-0.4, -0.2) is 21.6 Å². The van der Waals surface area contributed by atoms with E-state index in [1.165, 1.54) is 0 Å². The molecule has 0 bridgehead atoms.